The van der Waals surface area contributed by atoms with Gasteiger partial charge in [-0.2, -0.15) is 0 Å². The SMILES string of the molecule is Cn1cnc2c(Cl)ncc(C(=O)O)c21. The van der Waals surface area contributed by atoms with E-state index in [4.69, 9.17) is 16.7 Å². The molecule has 2 rings (SSSR count). The summed E-state index contributed by atoms with van der Waals surface area (Å²) in [6.07, 6.45) is 2.74. The number of hydrogen-bond acceptors (Lipinski definition) is 3. The third kappa shape index (κ3) is 1.13. The quantitative estimate of drug-likeness (QED) is 0.723. The Kier molecular flexibility index (Phi) is 1.89. The fourth-order valence-electron chi connectivity index (χ4n) is 1.30. The summed E-state index contributed by atoms with van der Waals surface area (Å²) in [5.74, 6) is -1.04. The number of carboxylic acids is 1. The van der Waals surface area contributed by atoms with Crippen molar-refractivity contribution in [2.75, 3.05) is 0 Å². The average Bonchev–Trinajstić information content (AvgIpc) is 2.50. The van der Waals surface area contributed by atoms with Gasteiger partial charge >= 0.3 is 5.97 Å². The zero-order valence-electron chi connectivity index (χ0n) is 7.23. The highest BCUT2D eigenvalue weighted by Gasteiger charge is 2.15. The first-order valence-corrected chi connectivity index (χ1v) is 4.18. The summed E-state index contributed by atoms with van der Waals surface area (Å²) in [7, 11) is 1.71. The molecule has 2 aromatic rings. The summed E-state index contributed by atoms with van der Waals surface area (Å²) in [6.45, 7) is 0. The number of pyridine rings is 1. The Labute approximate surface area is 84.0 Å². The molecule has 72 valence electrons. The van der Waals surface area contributed by atoms with Crippen molar-refractivity contribution in [1.29, 1.82) is 0 Å². The summed E-state index contributed by atoms with van der Waals surface area (Å²) >= 11 is 5.77. The Morgan fingerprint density at radius 1 is 1.57 bits per heavy atom. The molecule has 14 heavy (non-hydrogen) atoms. The molecule has 0 spiro atoms. The van der Waals surface area contributed by atoms with Crippen molar-refractivity contribution in [3.05, 3.63) is 23.2 Å². The lowest BCUT2D eigenvalue weighted by molar-refractivity contribution is 0.0698. The van der Waals surface area contributed by atoms with Crippen LogP contribution in [0.5, 0.6) is 0 Å². The average molecular weight is 212 g/mol. The molecule has 0 unspecified atom stereocenters. The van der Waals surface area contributed by atoms with Crippen LogP contribution in [-0.2, 0) is 7.05 Å². The minimum atomic E-state index is -1.04. The first-order valence-electron chi connectivity index (χ1n) is 3.80. The van der Waals surface area contributed by atoms with Crippen molar-refractivity contribution in [3.8, 4) is 0 Å². The molecule has 6 heteroatoms. The number of carboxylic acid groups (broad SMARTS) is 1. The van der Waals surface area contributed by atoms with E-state index in [2.05, 4.69) is 9.97 Å². The van der Waals surface area contributed by atoms with Gasteiger partial charge in [0.05, 0.1) is 11.8 Å². The van der Waals surface area contributed by atoms with Crippen LogP contribution in [0.2, 0.25) is 5.15 Å². The van der Waals surface area contributed by atoms with Crippen molar-refractivity contribution in [1.82, 2.24) is 14.5 Å². The van der Waals surface area contributed by atoms with Crippen molar-refractivity contribution in [2.24, 2.45) is 7.05 Å². The molecule has 0 saturated carbocycles. The lowest BCUT2D eigenvalue weighted by Crippen LogP contribution is -2.01. The van der Waals surface area contributed by atoms with E-state index >= 15 is 0 Å². The molecule has 0 radical (unpaired) electrons. The van der Waals surface area contributed by atoms with Crippen LogP contribution in [0.4, 0.5) is 0 Å². The van der Waals surface area contributed by atoms with E-state index in [1.807, 2.05) is 0 Å². The summed E-state index contributed by atoms with van der Waals surface area (Å²) in [6, 6.07) is 0. The van der Waals surface area contributed by atoms with Gasteiger partial charge in [-0.1, -0.05) is 11.6 Å². The van der Waals surface area contributed by atoms with Gasteiger partial charge in [-0.25, -0.2) is 14.8 Å². The summed E-state index contributed by atoms with van der Waals surface area (Å²) in [5, 5.41) is 9.11. The smallest absolute Gasteiger partial charge is 0.339 e. The number of aromatic nitrogens is 3. The van der Waals surface area contributed by atoms with Crippen LogP contribution in [0.25, 0.3) is 11.0 Å². The van der Waals surface area contributed by atoms with Gasteiger partial charge in [0.15, 0.2) is 5.15 Å². The predicted octanol–water partition coefficient (Wildman–Crippen LogP) is 1.32. The van der Waals surface area contributed by atoms with Gasteiger partial charge in [0.2, 0.25) is 0 Å². The lowest BCUT2D eigenvalue weighted by atomic mass is 10.2. The maximum atomic E-state index is 10.9. The molecule has 0 bridgehead atoms. The van der Waals surface area contributed by atoms with Crippen LogP contribution < -0.4 is 0 Å². The monoisotopic (exact) mass is 211 g/mol. The van der Waals surface area contributed by atoms with E-state index in [0.29, 0.717) is 11.0 Å². The highest BCUT2D eigenvalue weighted by Crippen LogP contribution is 2.22. The van der Waals surface area contributed by atoms with Gasteiger partial charge in [-0.15, -0.1) is 0 Å². The van der Waals surface area contributed by atoms with Crippen molar-refractivity contribution < 1.29 is 9.90 Å². The number of rotatable bonds is 1. The van der Waals surface area contributed by atoms with Gasteiger partial charge in [-0.05, 0) is 0 Å². The first kappa shape index (κ1) is 8.96. The van der Waals surface area contributed by atoms with Crippen LogP contribution >= 0.6 is 11.6 Å². The molecule has 0 fully saturated rings. The highest BCUT2D eigenvalue weighted by atomic mass is 35.5. The summed E-state index contributed by atoms with van der Waals surface area (Å²) in [4.78, 5) is 18.6. The maximum Gasteiger partial charge on any atom is 0.339 e. The Bertz CT molecular complexity index is 521. The van der Waals surface area contributed by atoms with Crippen molar-refractivity contribution in [3.63, 3.8) is 0 Å². The van der Waals surface area contributed by atoms with Crippen LogP contribution in [0.1, 0.15) is 10.4 Å². The van der Waals surface area contributed by atoms with E-state index < -0.39 is 5.97 Å². The molecule has 0 amide bonds. The van der Waals surface area contributed by atoms with Crippen molar-refractivity contribution >= 4 is 28.6 Å². The predicted molar refractivity (Wildman–Crippen MR) is 50.5 cm³/mol. The van der Waals surface area contributed by atoms with E-state index in [0.717, 1.165) is 0 Å². The fourth-order valence-corrected chi connectivity index (χ4v) is 1.49. The minimum absolute atomic E-state index is 0.101. The molecular weight excluding hydrogens is 206 g/mol. The maximum absolute atomic E-state index is 10.9. The fraction of sp³-hybridized carbons (Fsp3) is 0.125. The Morgan fingerprint density at radius 2 is 2.29 bits per heavy atom. The van der Waals surface area contributed by atoms with E-state index in [9.17, 15) is 4.79 Å². The molecule has 1 N–H and O–H groups in total. The zero-order valence-corrected chi connectivity index (χ0v) is 7.99. The van der Waals surface area contributed by atoms with Gasteiger partial charge < -0.3 is 9.67 Å². The highest BCUT2D eigenvalue weighted by molar-refractivity contribution is 6.34. The Balaban J connectivity index is 2.92. The van der Waals surface area contributed by atoms with E-state index in [1.54, 1.807) is 11.6 Å². The van der Waals surface area contributed by atoms with E-state index in [1.165, 1.54) is 12.5 Å². The van der Waals surface area contributed by atoms with Crippen LogP contribution in [0, 0.1) is 0 Å². The molecule has 0 aliphatic carbocycles. The second-order valence-electron chi connectivity index (χ2n) is 2.82. The van der Waals surface area contributed by atoms with Gasteiger partial charge in [0.25, 0.3) is 0 Å². The molecule has 2 aromatic heterocycles. The largest absolute Gasteiger partial charge is 0.478 e. The zero-order chi connectivity index (χ0) is 10.3. The Hall–Kier alpha value is -1.62. The van der Waals surface area contributed by atoms with Crippen molar-refractivity contribution in [2.45, 2.75) is 0 Å². The number of aromatic carboxylic acids is 1. The second kappa shape index (κ2) is 2.95. The molecule has 0 aromatic carbocycles. The first-order chi connectivity index (χ1) is 6.61. The number of imidazole rings is 1. The third-order valence-electron chi connectivity index (χ3n) is 1.92. The molecule has 0 aliphatic heterocycles. The third-order valence-corrected chi connectivity index (χ3v) is 2.20. The summed E-state index contributed by atoms with van der Waals surface area (Å²) < 4.78 is 1.60. The van der Waals surface area contributed by atoms with Crippen LogP contribution in [-0.4, -0.2) is 25.6 Å². The van der Waals surface area contributed by atoms with Gasteiger partial charge in [-0.3, -0.25) is 0 Å². The minimum Gasteiger partial charge on any atom is -0.478 e. The van der Waals surface area contributed by atoms with Gasteiger partial charge in [0.1, 0.15) is 11.1 Å². The molecule has 0 atom stereocenters. The molecular formula is C8H6ClN3O2. The number of nitrogens with zero attached hydrogens (tertiary/aromatic N) is 3. The number of fused-ring (bicyclic) bond motifs is 1. The van der Waals surface area contributed by atoms with Crippen LogP contribution in [0.3, 0.4) is 0 Å². The molecule has 0 saturated heterocycles. The lowest BCUT2D eigenvalue weighted by Gasteiger charge is -2.00. The standard InChI is InChI=1S/C8H6ClN3O2/c1-12-3-11-5-6(12)4(8(13)14)2-10-7(5)9/h2-3H,1H3,(H,13,14). The summed E-state index contributed by atoms with van der Waals surface area (Å²) in [5.41, 5.74) is 0.996. The number of carbonyl (C=O) groups is 1. The number of aryl methyl sites for hydroxylation is 1. The topological polar surface area (TPSA) is 68.0 Å². The normalized spacial score (nSPS) is 10.7. The Morgan fingerprint density at radius 3 is 2.93 bits per heavy atom. The molecule has 5 nitrogen and oxygen atoms in total. The molecule has 2 heterocycles. The van der Waals surface area contributed by atoms with Crippen LogP contribution in [0.15, 0.2) is 12.5 Å². The van der Waals surface area contributed by atoms with Gasteiger partial charge in [0, 0.05) is 13.2 Å². The van der Waals surface area contributed by atoms with E-state index in [-0.39, 0.29) is 10.7 Å². The number of hydrogen-bond donors (Lipinski definition) is 1. The molecule has 0 aliphatic rings. The number of halogens is 1. The second-order valence-corrected chi connectivity index (χ2v) is 3.18.